The molecule has 0 aliphatic carbocycles. The minimum absolute atomic E-state index is 0.235. The fraction of sp³-hybridized carbons (Fsp3) is 0.769. The van der Waals surface area contributed by atoms with Crippen molar-refractivity contribution in [2.75, 3.05) is 43.6 Å². The lowest BCUT2D eigenvalue weighted by atomic mass is 10.1. The van der Waals surface area contributed by atoms with Gasteiger partial charge < -0.3 is 19.7 Å². The highest BCUT2D eigenvalue weighted by Gasteiger charge is 2.22. The number of hydrogen-bond donors (Lipinski definition) is 1. The van der Waals surface area contributed by atoms with Gasteiger partial charge in [-0.25, -0.2) is 0 Å². The van der Waals surface area contributed by atoms with Gasteiger partial charge >= 0.3 is 6.01 Å². The molecule has 7 nitrogen and oxygen atoms in total. The van der Waals surface area contributed by atoms with Crippen molar-refractivity contribution in [2.24, 2.45) is 0 Å². The summed E-state index contributed by atoms with van der Waals surface area (Å²) < 4.78 is 10.9. The summed E-state index contributed by atoms with van der Waals surface area (Å²) >= 11 is 0. The van der Waals surface area contributed by atoms with Gasteiger partial charge in [0.2, 0.25) is 11.9 Å². The summed E-state index contributed by atoms with van der Waals surface area (Å²) in [6.45, 7) is 6.95. The Hall–Kier alpha value is -1.63. The Bertz CT molecular complexity index is 405. The number of methoxy groups -OCH3 is 1. The van der Waals surface area contributed by atoms with Gasteiger partial charge in [0.25, 0.3) is 0 Å². The van der Waals surface area contributed by atoms with Gasteiger partial charge in [0.05, 0.1) is 12.7 Å². The molecule has 2 rings (SSSR count). The standard InChI is InChI=1S/C13H23N5O2/c1-4-14-11-15-12(17-13(16-11)20-5-2)18-8-6-7-10(9-18)19-3/h10H,4-9H2,1-3H3,(H,14,15,16,17). The highest BCUT2D eigenvalue weighted by molar-refractivity contribution is 5.39. The van der Waals surface area contributed by atoms with Gasteiger partial charge in [-0.1, -0.05) is 0 Å². The van der Waals surface area contributed by atoms with Crippen LogP contribution in [0.3, 0.4) is 0 Å². The number of rotatable bonds is 6. The van der Waals surface area contributed by atoms with Crippen molar-refractivity contribution in [3.05, 3.63) is 0 Å². The van der Waals surface area contributed by atoms with Crippen molar-refractivity contribution in [1.82, 2.24) is 15.0 Å². The fourth-order valence-corrected chi connectivity index (χ4v) is 2.23. The Morgan fingerprint density at radius 1 is 1.30 bits per heavy atom. The second kappa shape index (κ2) is 7.23. The van der Waals surface area contributed by atoms with Gasteiger partial charge in [-0.15, -0.1) is 0 Å². The SMILES string of the molecule is CCNc1nc(OCC)nc(N2CCCC(OC)C2)n1. The van der Waals surface area contributed by atoms with Gasteiger partial charge in [0.1, 0.15) is 0 Å². The number of ether oxygens (including phenoxy) is 2. The number of aromatic nitrogens is 3. The van der Waals surface area contributed by atoms with Crippen LogP contribution in [-0.4, -0.2) is 54.4 Å². The molecular formula is C13H23N5O2. The zero-order valence-corrected chi connectivity index (χ0v) is 12.4. The normalized spacial score (nSPS) is 18.9. The Morgan fingerprint density at radius 3 is 2.85 bits per heavy atom. The van der Waals surface area contributed by atoms with Gasteiger partial charge in [-0.2, -0.15) is 15.0 Å². The largest absolute Gasteiger partial charge is 0.464 e. The molecule has 0 aromatic carbocycles. The minimum Gasteiger partial charge on any atom is -0.464 e. The molecule has 1 fully saturated rings. The summed E-state index contributed by atoms with van der Waals surface area (Å²) in [5.74, 6) is 1.21. The van der Waals surface area contributed by atoms with Crippen LogP contribution in [0.4, 0.5) is 11.9 Å². The monoisotopic (exact) mass is 281 g/mol. The molecule has 1 unspecified atom stereocenters. The smallest absolute Gasteiger partial charge is 0.323 e. The van der Waals surface area contributed by atoms with E-state index in [0.717, 1.165) is 32.5 Å². The molecule has 1 aliphatic heterocycles. The van der Waals surface area contributed by atoms with Crippen LogP contribution in [0.25, 0.3) is 0 Å². The Balaban J connectivity index is 2.19. The van der Waals surface area contributed by atoms with Crippen molar-refractivity contribution in [2.45, 2.75) is 32.8 Å². The highest BCUT2D eigenvalue weighted by Crippen LogP contribution is 2.20. The van der Waals surface area contributed by atoms with E-state index in [4.69, 9.17) is 9.47 Å². The van der Waals surface area contributed by atoms with Crippen LogP contribution in [0.1, 0.15) is 26.7 Å². The second-order valence-electron chi connectivity index (χ2n) is 4.65. The maximum atomic E-state index is 5.44. The minimum atomic E-state index is 0.235. The summed E-state index contributed by atoms with van der Waals surface area (Å²) in [4.78, 5) is 15.2. The van der Waals surface area contributed by atoms with E-state index in [1.807, 2.05) is 13.8 Å². The molecule has 0 radical (unpaired) electrons. The van der Waals surface area contributed by atoms with E-state index >= 15 is 0 Å². The quantitative estimate of drug-likeness (QED) is 0.843. The number of piperidine rings is 1. The van der Waals surface area contributed by atoms with E-state index in [0.29, 0.717) is 24.5 Å². The first-order chi connectivity index (χ1) is 9.76. The first-order valence-corrected chi connectivity index (χ1v) is 7.17. The van der Waals surface area contributed by atoms with Crippen LogP contribution in [0.15, 0.2) is 0 Å². The van der Waals surface area contributed by atoms with Crippen LogP contribution in [-0.2, 0) is 4.74 Å². The van der Waals surface area contributed by atoms with Crippen LogP contribution in [0.5, 0.6) is 6.01 Å². The first-order valence-electron chi connectivity index (χ1n) is 7.17. The van der Waals surface area contributed by atoms with Gasteiger partial charge in [0, 0.05) is 26.7 Å². The molecule has 0 amide bonds. The third kappa shape index (κ3) is 3.69. The predicted octanol–water partition coefficient (Wildman–Crippen LogP) is 1.32. The molecular weight excluding hydrogens is 258 g/mol. The fourth-order valence-electron chi connectivity index (χ4n) is 2.23. The van der Waals surface area contributed by atoms with Crippen molar-refractivity contribution >= 4 is 11.9 Å². The van der Waals surface area contributed by atoms with Crippen molar-refractivity contribution in [3.8, 4) is 6.01 Å². The number of hydrogen-bond acceptors (Lipinski definition) is 7. The first kappa shape index (κ1) is 14.8. The molecule has 20 heavy (non-hydrogen) atoms. The Labute approximate surface area is 119 Å². The van der Waals surface area contributed by atoms with Gasteiger partial charge in [-0.3, -0.25) is 0 Å². The van der Waals surface area contributed by atoms with Crippen molar-refractivity contribution in [3.63, 3.8) is 0 Å². The Morgan fingerprint density at radius 2 is 2.15 bits per heavy atom. The van der Waals surface area contributed by atoms with E-state index < -0.39 is 0 Å². The van der Waals surface area contributed by atoms with Crippen molar-refractivity contribution in [1.29, 1.82) is 0 Å². The van der Waals surface area contributed by atoms with E-state index in [1.165, 1.54) is 0 Å². The zero-order valence-electron chi connectivity index (χ0n) is 12.4. The number of nitrogens with one attached hydrogen (secondary N) is 1. The lowest BCUT2D eigenvalue weighted by Crippen LogP contribution is -2.40. The molecule has 1 atom stereocenters. The molecule has 112 valence electrons. The molecule has 0 spiro atoms. The lowest BCUT2D eigenvalue weighted by molar-refractivity contribution is 0.0888. The molecule has 0 bridgehead atoms. The lowest BCUT2D eigenvalue weighted by Gasteiger charge is -2.31. The summed E-state index contributed by atoms with van der Waals surface area (Å²) in [6.07, 6.45) is 2.39. The van der Waals surface area contributed by atoms with E-state index in [1.54, 1.807) is 7.11 Å². The molecule has 1 saturated heterocycles. The van der Waals surface area contributed by atoms with Crippen LogP contribution < -0.4 is 15.0 Å². The molecule has 1 aromatic rings. The average Bonchev–Trinajstić information content (AvgIpc) is 2.48. The van der Waals surface area contributed by atoms with Crippen LogP contribution in [0, 0.1) is 0 Å². The average molecular weight is 281 g/mol. The number of nitrogens with zero attached hydrogens (tertiary/aromatic N) is 4. The third-order valence-corrected chi connectivity index (χ3v) is 3.21. The van der Waals surface area contributed by atoms with E-state index in [2.05, 4.69) is 25.2 Å². The summed E-state index contributed by atoms with van der Waals surface area (Å²) in [5, 5.41) is 3.11. The van der Waals surface area contributed by atoms with E-state index in [-0.39, 0.29) is 6.10 Å². The maximum absolute atomic E-state index is 5.44. The predicted molar refractivity (Wildman–Crippen MR) is 77.4 cm³/mol. The Kier molecular flexibility index (Phi) is 5.34. The third-order valence-electron chi connectivity index (χ3n) is 3.21. The summed E-state index contributed by atoms with van der Waals surface area (Å²) in [7, 11) is 1.75. The molecule has 2 heterocycles. The molecule has 1 aromatic heterocycles. The zero-order chi connectivity index (χ0) is 14.4. The highest BCUT2D eigenvalue weighted by atomic mass is 16.5. The van der Waals surface area contributed by atoms with Crippen LogP contribution in [0.2, 0.25) is 0 Å². The summed E-state index contributed by atoms with van der Waals surface area (Å²) in [5.41, 5.74) is 0. The van der Waals surface area contributed by atoms with Crippen LogP contribution >= 0.6 is 0 Å². The van der Waals surface area contributed by atoms with Crippen molar-refractivity contribution < 1.29 is 9.47 Å². The van der Waals surface area contributed by atoms with Gasteiger partial charge in [0.15, 0.2) is 0 Å². The second-order valence-corrected chi connectivity index (χ2v) is 4.65. The molecule has 1 N–H and O–H groups in total. The van der Waals surface area contributed by atoms with Gasteiger partial charge in [-0.05, 0) is 26.7 Å². The van der Waals surface area contributed by atoms with E-state index in [9.17, 15) is 0 Å². The molecule has 0 saturated carbocycles. The number of anilines is 2. The summed E-state index contributed by atoms with van der Waals surface area (Å²) in [6, 6.07) is 0.369. The topological polar surface area (TPSA) is 72.4 Å². The maximum Gasteiger partial charge on any atom is 0.323 e. The molecule has 1 aliphatic rings. The molecule has 7 heteroatoms.